The molecule has 1 aromatic heterocycles. The fourth-order valence-electron chi connectivity index (χ4n) is 1.35. The van der Waals surface area contributed by atoms with Gasteiger partial charge in [0, 0.05) is 12.4 Å². The van der Waals surface area contributed by atoms with Crippen LogP contribution in [0, 0.1) is 0 Å². The number of ether oxygens (including phenoxy) is 1. The SMILES string of the molecule is COc1ccccc1-n1ccnc1N. The monoisotopic (exact) mass is 189 g/mol. The molecule has 4 heteroatoms. The summed E-state index contributed by atoms with van der Waals surface area (Å²) in [6.07, 6.45) is 3.45. The molecule has 0 aliphatic carbocycles. The minimum atomic E-state index is 0.453. The highest BCUT2D eigenvalue weighted by Gasteiger charge is 2.05. The predicted molar refractivity (Wildman–Crippen MR) is 54.5 cm³/mol. The molecule has 0 aliphatic heterocycles. The number of aromatic nitrogens is 2. The Morgan fingerprint density at radius 3 is 2.79 bits per heavy atom. The second-order valence-corrected chi connectivity index (χ2v) is 2.83. The van der Waals surface area contributed by atoms with Crippen LogP contribution < -0.4 is 10.5 Å². The van der Waals surface area contributed by atoms with Gasteiger partial charge in [-0.2, -0.15) is 0 Å². The molecule has 0 aliphatic rings. The van der Waals surface area contributed by atoms with Crippen molar-refractivity contribution in [3.63, 3.8) is 0 Å². The topological polar surface area (TPSA) is 53.1 Å². The van der Waals surface area contributed by atoms with Gasteiger partial charge < -0.3 is 10.5 Å². The number of hydrogen-bond donors (Lipinski definition) is 1. The van der Waals surface area contributed by atoms with Crippen molar-refractivity contribution in [2.45, 2.75) is 0 Å². The van der Waals surface area contributed by atoms with Gasteiger partial charge in [-0.3, -0.25) is 4.57 Å². The maximum Gasteiger partial charge on any atom is 0.204 e. The van der Waals surface area contributed by atoms with Crippen molar-refractivity contribution in [3.05, 3.63) is 36.7 Å². The number of nitrogens with zero attached hydrogens (tertiary/aromatic N) is 2. The smallest absolute Gasteiger partial charge is 0.204 e. The van der Waals surface area contributed by atoms with Crippen LogP contribution in [0.25, 0.3) is 5.69 Å². The molecule has 0 fully saturated rings. The molecule has 0 radical (unpaired) electrons. The third-order valence-electron chi connectivity index (χ3n) is 2.01. The summed E-state index contributed by atoms with van der Waals surface area (Å²) in [6.45, 7) is 0. The first kappa shape index (κ1) is 8.62. The lowest BCUT2D eigenvalue weighted by Crippen LogP contribution is -2.01. The average Bonchev–Trinajstić information content (AvgIpc) is 2.64. The van der Waals surface area contributed by atoms with E-state index in [4.69, 9.17) is 10.5 Å². The van der Waals surface area contributed by atoms with Crippen LogP contribution in [0.15, 0.2) is 36.7 Å². The van der Waals surface area contributed by atoms with Crippen LogP contribution in [0.3, 0.4) is 0 Å². The van der Waals surface area contributed by atoms with Crippen molar-refractivity contribution in [2.24, 2.45) is 0 Å². The van der Waals surface area contributed by atoms with E-state index in [9.17, 15) is 0 Å². The van der Waals surface area contributed by atoms with Crippen LogP contribution >= 0.6 is 0 Å². The Morgan fingerprint density at radius 2 is 2.14 bits per heavy atom. The Hall–Kier alpha value is -1.97. The minimum absolute atomic E-state index is 0.453. The Morgan fingerprint density at radius 1 is 1.36 bits per heavy atom. The van der Waals surface area contributed by atoms with Crippen molar-refractivity contribution in [3.8, 4) is 11.4 Å². The Bertz CT molecular complexity index is 436. The lowest BCUT2D eigenvalue weighted by molar-refractivity contribution is 0.413. The molecule has 1 aromatic carbocycles. The van der Waals surface area contributed by atoms with Crippen molar-refractivity contribution in [2.75, 3.05) is 12.8 Å². The quantitative estimate of drug-likeness (QED) is 0.778. The summed E-state index contributed by atoms with van der Waals surface area (Å²) in [6, 6.07) is 7.65. The summed E-state index contributed by atoms with van der Waals surface area (Å²) in [5, 5.41) is 0. The molecule has 2 N–H and O–H groups in total. The van der Waals surface area contributed by atoms with Gasteiger partial charge in [0.05, 0.1) is 12.8 Å². The van der Waals surface area contributed by atoms with E-state index >= 15 is 0 Å². The molecule has 0 saturated heterocycles. The molecule has 0 amide bonds. The molecular formula is C10H11N3O. The first-order valence-corrected chi connectivity index (χ1v) is 4.25. The molecule has 72 valence electrons. The number of imidazole rings is 1. The van der Waals surface area contributed by atoms with Gasteiger partial charge in [-0.05, 0) is 12.1 Å². The second-order valence-electron chi connectivity index (χ2n) is 2.83. The molecule has 0 atom stereocenters. The number of methoxy groups -OCH3 is 1. The van der Waals surface area contributed by atoms with Crippen molar-refractivity contribution < 1.29 is 4.74 Å². The third kappa shape index (κ3) is 1.31. The van der Waals surface area contributed by atoms with Crippen molar-refractivity contribution >= 4 is 5.95 Å². The van der Waals surface area contributed by atoms with Crippen LogP contribution in [0.4, 0.5) is 5.95 Å². The highest BCUT2D eigenvalue weighted by molar-refractivity contribution is 5.50. The van der Waals surface area contributed by atoms with Gasteiger partial charge in [0.15, 0.2) is 0 Å². The zero-order valence-corrected chi connectivity index (χ0v) is 7.84. The molecule has 14 heavy (non-hydrogen) atoms. The van der Waals surface area contributed by atoms with Gasteiger partial charge in [-0.1, -0.05) is 12.1 Å². The molecule has 2 aromatic rings. The average molecular weight is 189 g/mol. The summed E-state index contributed by atoms with van der Waals surface area (Å²) >= 11 is 0. The molecule has 0 bridgehead atoms. The number of hydrogen-bond acceptors (Lipinski definition) is 3. The lowest BCUT2D eigenvalue weighted by Gasteiger charge is -2.09. The van der Waals surface area contributed by atoms with E-state index in [2.05, 4.69) is 4.98 Å². The number of rotatable bonds is 2. The van der Waals surface area contributed by atoms with E-state index in [1.54, 1.807) is 24.1 Å². The number of anilines is 1. The number of nitrogens with two attached hydrogens (primary N) is 1. The number of nitrogen functional groups attached to an aromatic ring is 1. The van der Waals surface area contributed by atoms with E-state index in [-0.39, 0.29) is 0 Å². The number of benzene rings is 1. The van der Waals surface area contributed by atoms with Gasteiger partial charge in [0.1, 0.15) is 5.75 Å². The zero-order valence-electron chi connectivity index (χ0n) is 7.84. The van der Waals surface area contributed by atoms with Gasteiger partial charge in [0.25, 0.3) is 0 Å². The van der Waals surface area contributed by atoms with Crippen molar-refractivity contribution in [1.29, 1.82) is 0 Å². The summed E-state index contributed by atoms with van der Waals surface area (Å²) < 4.78 is 7.00. The normalized spacial score (nSPS) is 10.1. The molecule has 1 heterocycles. The molecule has 4 nitrogen and oxygen atoms in total. The fraction of sp³-hybridized carbons (Fsp3) is 0.100. The van der Waals surface area contributed by atoms with E-state index < -0.39 is 0 Å². The molecule has 0 spiro atoms. The molecular weight excluding hydrogens is 178 g/mol. The van der Waals surface area contributed by atoms with Crippen LogP contribution in [0.1, 0.15) is 0 Å². The Labute approximate surface area is 81.9 Å². The lowest BCUT2D eigenvalue weighted by atomic mass is 10.3. The highest BCUT2D eigenvalue weighted by atomic mass is 16.5. The summed E-state index contributed by atoms with van der Waals surface area (Å²) in [5.41, 5.74) is 6.59. The molecule has 2 rings (SSSR count). The zero-order chi connectivity index (χ0) is 9.97. The standard InChI is InChI=1S/C10H11N3O/c1-14-9-5-3-2-4-8(9)13-7-6-12-10(13)11/h2-7H,1H3,(H2,11,12). The summed E-state index contributed by atoms with van der Waals surface area (Å²) in [5.74, 6) is 1.23. The van der Waals surface area contributed by atoms with E-state index in [1.807, 2.05) is 24.3 Å². The summed E-state index contributed by atoms with van der Waals surface area (Å²) in [4.78, 5) is 3.95. The van der Waals surface area contributed by atoms with Crippen molar-refractivity contribution in [1.82, 2.24) is 9.55 Å². The van der Waals surface area contributed by atoms with Crippen LogP contribution in [-0.2, 0) is 0 Å². The van der Waals surface area contributed by atoms with E-state index in [0.717, 1.165) is 11.4 Å². The van der Waals surface area contributed by atoms with Gasteiger partial charge in [-0.25, -0.2) is 4.98 Å². The minimum Gasteiger partial charge on any atom is -0.495 e. The summed E-state index contributed by atoms with van der Waals surface area (Å²) in [7, 11) is 1.63. The first-order valence-electron chi connectivity index (χ1n) is 4.25. The Balaban J connectivity index is 2.56. The Kier molecular flexibility index (Phi) is 2.10. The van der Waals surface area contributed by atoms with Crippen LogP contribution in [0.2, 0.25) is 0 Å². The van der Waals surface area contributed by atoms with Crippen LogP contribution in [0.5, 0.6) is 5.75 Å². The second kappa shape index (κ2) is 3.41. The van der Waals surface area contributed by atoms with Gasteiger partial charge in [-0.15, -0.1) is 0 Å². The maximum absolute atomic E-state index is 5.69. The van der Waals surface area contributed by atoms with E-state index in [1.165, 1.54) is 0 Å². The fourth-order valence-corrected chi connectivity index (χ4v) is 1.35. The third-order valence-corrected chi connectivity index (χ3v) is 2.01. The largest absolute Gasteiger partial charge is 0.495 e. The number of para-hydroxylation sites is 2. The highest BCUT2D eigenvalue weighted by Crippen LogP contribution is 2.23. The van der Waals surface area contributed by atoms with Gasteiger partial charge in [0.2, 0.25) is 5.95 Å². The van der Waals surface area contributed by atoms with Crippen LogP contribution in [-0.4, -0.2) is 16.7 Å². The first-order chi connectivity index (χ1) is 6.83. The van der Waals surface area contributed by atoms with E-state index in [0.29, 0.717) is 5.95 Å². The molecule has 0 unspecified atom stereocenters. The molecule has 0 saturated carbocycles. The van der Waals surface area contributed by atoms with Gasteiger partial charge >= 0.3 is 0 Å². The predicted octanol–water partition coefficient (Wildman–Crippen LogP) is 1.46. The maximum atomic E-state index is 5.69.